The third-order valence-corrected chi connectivity index (χ3v) is 6.12. The van der Waals surface area contributed by atoms with Crippen molar-refractivity contribution in [2.75, 3.05) is 25.8 Å². The SMILES string of the molecule is COCc1nc2c(c(OCF)n1)CCN(C(=O)c1c(C)oc3ncnc(NC4(C)CC4)c13)C2. The smallest absolute Gasteiger partial charge is 0.258 e. The molecule has 5 rings (SSSR count). The van der Waals surface area contributed by atoms with Crippen LogP contribution in [0.15, 0.2) is 10.7 Å². The summed E-state index contributed by atoms with van der Waals surface area (Å²) >= 11 is 0. The summed E-state index contributed by atoms with van der Waals surface area (Å²) in [5.74, 6) is 1.45. The van der Waals surface area contributed by atoms with Crippen molar-refractivity contribution in [2.45, 2.75) is 51.8 Å². The first-order chi connectivity index (χ1) is 15.9. The minimum Gasteiger partial charge on any atom is -0.446 e. The normalized spacial score (nSPS) is 16.5. The maximum atomic E-state index is 13.7. The lowest BCUT2D eigenvalue weighted by atomic mass is 10.0. The Labute approximate surface area is 189 Å². The Morgan fingerprint density at radius 1 is 1.33 bits per heavy atom. The highest BCUT2D eigenvalue weighted by molar-refractivity contribution is 6.10. The van der Waals surface area contributed by atoms with Gasteiger partial charge in [-0.15, -0.1) is 0 Å². The molecule has 1 aliphatic heterocycles. The Kier molecular flexibility index (Phi) is 5.35. The van der Waals surface area contributed by atoms with Gasteiger partial charge in [0, 0.05) is 24.8 Å². The number of fused-ring (bicyclic) bond motifs is 2. The molecule has 2 aliphatic rings. The molecule has 1 saturated carbocycles. The van der Waals surface area contributed by atoms with Crippen LogP contribution in [0.3, 0.4) is 0 Å². The number of furan rings is 1. The molecular formula is C22H25FN6O4. The largest absolute Gasteiger partial charge is 0.446 e. The summed E-state index contributed by atoms with van der Waals surface area (Å²) in [6.45, 7) is 3.67. The van der Waals surface area contributed by atoms with Gasteiger partial charge in [-0.2, -0.15) is 4.98 Å². The number of halogens is 1. The van der Waals surface area contributed by atoms with Gasteiger partial charge in [-0.05, 0) is 33.1 Å². The number of ether oxygens (including phenoxy) is 2. The van der Waals surface area contributed by atoms with Crippen LogP contribution in [0.2, 0.25) is 0 Å². The summed E-state index contributed by atoms with van der Waals surface area (Å²) < 4.78 is 28.9. The molecule has 3 aromatic rings. The molecule has 0 atom stereocenters. The van der Waals surface area contributed by atoms with Gasteiger partial charge in [0.1, 0.15) is 24.5 Å². The zero-order valence-electron chi connectivity index (χ0n) is 18.8. The van der Waals surface area contributed by atoms with E-state index in [1.165, 1.54) is 13.4 Å². The standard InChI is InChI=1S/C22H25FN6O4/c1-12-16(17-18(28-22(2)5-6-22)24-11-25-20(17)33-12)21(30)29-7-4-13-14(8-29)26-15(9-31-3)27-19(13)32-10-23/h11H,4-10H2,1-3H3,(H,24,25,28). The summed E-state index contributed by atoms with van der Waals surface area (Å²) in [4.78, 5) is 32.8. The molecule has 0 spiro atoms. The van der Waals surface area contributed by atoms with Gasteiger partial charge in [0.15, 0.2) is 5.82 Å². The minimum absolute atomic E-state index is 0.0294. The number of aryl methyl sites for hydroxylation is 1. The van der Waals surface area contributed by atoms with Crippen molar-refractivity contribution in [3.8, 4) is 5.88 Å². The predicted octanol–water partition coefficient (Wildman–Crippen LogP) is 2.94. The molecule has 1 amide bonds. The van der Waals surface area contributed by atoms with Gasteiger partial charge in [0.2, 0.25) is 18.5 Å². The lowest BCUT2D eigenvalue weighted by Crippen LogP contribution is -2.37. The molecule has 174 valence electrons. The highest BCUT2D eigenvalue weighted by atomic mass is 19.1. The van der Waals surface area contributed by atoms with Gasteiger partial charge >= 0.3 is 0 Å². The summed E-state index contributed by atoms with van der Waals surface area (Å²) in [5, 5.41) is 4.02. The summed E-state index contributed by atoms with van der Waals surface area (Å²) in [6, 6.07) is 0. The number of hydrogen-bond donors (Lipinski definition) is 1. The molecule has 10 nitrogen and oxygen atoms in total. The first-order valence-electron chi connectivity index (χ1n) is 10.8. The number of nitrogens with one attached hydrogen (secondary N) is 1. The van der Waals surface area contributed by atoms with Crippen molar-refractivity contribution in [2.24, 2.45) is 0 Å². The van der Waals surface area contributed by atoms with Crippen LogP contribution in [0.25, 0.3) is 11.1 Å². The number of carbonyl (C=O) groups excluding carboxylic acids is 1. The fraction of sp³-hybridized carbons (Fsp3) is 0.500. The van der Waals surface area contributed by atoms with Crippen LogP contribution in [0, 0.1) is 6.92 Å². The van der Waals surface area contributed by atoms with Crippen LogP contribution in [-0.2, 0) is 24.3 Å². The fourth-order valence-corrected chi connectivity index (χ4v) is 4.14. The van der Waals surface area contributed by atoms with Crippen LogP contribution in [0.1, 0.15) is 53.0 Å². The van der Waals surface area contributed by atoms with Gasteiger partial charge < -0.3 is 24.1 Å². The van der Waals surface area contributed by atoms with Crippen molar-refractivity contribution >= 4 is 22.8 Å². The molecule has 0 aromatic carbocycles. The van der Waals surface area contributed by atoms with E-state index in [2.05, 4.69) is 32.2 Å². The monoisotopic (exact) mass is 456 g/mol. The van der Waals surface area contributed by atoms with Crippen LogP contribution < -0.4 is 10.1 Å². The van der Waals surface area contributed by atoms with E-state index in [-0.39, 0.29) is 30.5 Å². The Morgan fingerprint density at radius 3 is 2.88 bits per heavy atom. The third kappa shape index (κ3) is 3.97. The van der Waals surface area contributed by atoms with E-state index in [1.54, 1.807) is 11.8 Å². The average Bonchev–Trinajstić information content (AvgIpc) is 3.41. The number of aromatic nitrogens is 4. The van der Waals surface area contributed by atoms with E-state index in [9.17, 15) is 9.18 Å². The molecule has 1 aliphatic carbocycles. The zero-order valence-corrected chi connectivity index (χ0v) is 18.8. The quantitative estimate of drug-likeness (QED) is 0.573. The molecule has 4 heterocycles. The van der Waals surface area contributed by atoms with E-state index in [4.69, 9.17) is 13.9 Å². The topological polar surface area (TPSA) is 116 Å². The molecule has 0 bridgehead atoms. The summed E-state index contributed by atoms with van der Waals surface area (Å²) in [7, 11) is 1.52. The lowest BCUT2D eigenvalue weighted by Gasteiger charge is -2.29. The first-order valence-corrected chi connectivity index (χ1v) is 10.8. The molecule has 33 heavy (non-hydrogen) atoms. The van der Waals surface area contributed by atoms with Gasteiger partial charge in [-0.25, -0.2) is 19.3 Å². The number of carbonyl (C=O) groups is 1. The fourth-order valence-electron chi connectivity index (χ4n) is 4.14. The average molecular weight is 456 g/mol. The minimum atomic E-state index is -0.993. The van der Waals surface area contributed by atoms with Gasteiger partial charge in [0.05, 0.1) is 23.2 Å². The Morgan fingerprint density at radius 2 is 2.15 bits per heavy atom. The highest BCUT2D eigenvalue weighted by Crippen LogP contribution is 2.40. The number of hydrogen-bond acceptors (Lipinski definition) is 9. The first kappa shape index (κ1) is 21.5. The maximum absolute atomic E-state index is 13.7. The molecule has 1 fully saturated rings. The number of methoxy groups -OCH3 is 1. The van der Waals surface area contributed by atoms with Crippen molar-refractivity contribution in [3.63, 3.8) is 0 Å². The van der Waals surface area contributed by atoms with Crippen LogP contribution in [0.5, 0.6) is 5.88 Å². The van der Waals surface area contributed by atoms with E-state index >= 15 is 0 Å². The van der Waals surface area contributed by atoms with Crippen molar-refractivity contribution < 1.29 is 23.1 Å². The molecule has 0 unspecified atom stereocenters. The number of alkyl halides is 1. The zero-order chi connectivity index (χ0) is 23.2. The van der Waals surface area contributed by atoms with E-state index in [0.717, 1.165) is 12.8 Å². The Hall–Kier alpha value is -3.34. The Balaban J connectivity index is 1.50. The third-order valence-electron chi connectivity index (χ3n) is 6.12. The van der Waals surface area contributed by atoms with Crippen molar-refractivity contribution in [3.05, 3.63) is 34.7 Å². The van der Waals surface area contributed by atoms with E-state index in [0.29, 0.717) is 58.3 Å². The number of anilines is 1. The van der Waals surface area contributed by atoms with Gasteiger partial charge in [0.25, 0.3) is 5.91 Å². The molecule has 0 radical (unpaired) electrons. The van der Waals surface area contributed by atoms with Crippen molar-refractivity contribution in [1.29, 1.82) is 0 Å². The molecule has 1 N–H and O–H groups in total. The van der Waals surface area contributed by atoms with E-state index in [1.807, 2.05) is 0 Å². The second-order valence-corrected chi connectivity index (χ2v) is 8.65. The molecular weight excluding hydrogens is 431 g/mol. The van der Waals surface area contributed by atoms with E-state index < -0.39 is 6.86 Å². The molecule has 0 saturated heterocycles. The summed E-state index contributed by atoms with van der Waals surface area (Å²) in [6.07, 6.45) is 3.95. The molecule has 11 heteroatoms. The predicted molar refractivity (Wildman–Crippen MR) is 116 cm³/mol. The highest BCUT2D eigenvalue weighted by Gasteiger charge is 2.39. The maximum Gasteiger partial charge on any atom is 0.258 e. The van der Waals surface area contributed by atoms with Crippen LogP contribution in [-0.4, -0.2) is 56.8 Å². The second-order valence-electron chi connectivity index (χ2n) is 8.65. The second kappa shape index (κ2) is 8.22. The lowest BCUT2D eigenvalue weighted by molar-refractivity contribution is 0.0727. The van der Waals surface area contributed by atoms with Gasteiger partial charge in [-0.3, -0.25) is 4.79 Å². The van der Waals surface area contributed by atoms with Crippen LogP contribution in [0.4, 0.5) is 10.2 Å². The number of nitrogens with zero attached hydrogens (tertiary/aromatic N) is 5. The van der Waals surface area contributed by atoms with Crippen LogP contribution >= 0.6 is 0 Å². The molecule has 3 aromatic heterocycles. The summed E-state index contributed by atoms with van der Waals surface area (Å²) in [5.41, 5.74) is 2.10. The Bertz CT molecular complexity index is 1230. The van der Waals surface area contributed by atoms with Crippen molar-refractivity contribution in [1.82, 2.24) is 24.8 Å². The number of rotatable bonds is 7. The number of amides is 1. The van der Waals surface area contributed by atoms with Gasteiger partial charge in [-0.1, -0.05) is 0 Å².